The Kier molecular flexibility index (Phi) is 9.85. The van der Waals surface area contributed by atoms with Gasteiger partial charge in [0.05, 0.1) is 20.2 Å². The van der Waals surface area contributed by atoms with E-state index in [1.165, 1.54) is 17.9 Å². The highest BCUT2D eigenvalue weighted by molar-refractivity contribution is 4.43. The molecule has 0 fully saturated rings. The second kappa shape index (κ2) is 8.02. The Morgan fingerprint density at radius 3 is 2.36 bits per heavy atom. The summed E-state index contributed by atoms with van der Waals surface area (Å²) in [5.41, 5.74) is 0. The monoisotopic (exact) mass is 162 g/mol. The van der Waals surface area contributed by atoms with Crippen molar-refractivity contribution in [2.75, 3.05) is 26.7 Å². The van der Waals surface area contributed by atoms with E-state index in [2.05, 4.69) is 20.9 Å². The number of nitrogens with one attached hydrogen (secondary N) is 1. The van der Waals surface area contributed by atoms with E-state index in [1.54, 1.807) is 0 Å². The zero-order chi connectivity index (χ0) is 7.98. The zero-order valence-electron chi connectivity index (χ0n) is 7.35. The lowest BCUT2D eigenvalue weighted by Gasteiger charge is -2.15. The predicted molar refractivity (Wildman–Crippen MR) is 49.9 cm³/mol. The molecule has 2 N–H and O–H groups in total. The van der Waals surface area contributed by atoms with Crippen LogP contribution in [-0.2, 0) is 0 Å². The quantitative estimate of drug-likeness (QED) is 0.592. The van der Waals surface area contributed by atoms with E-state index in [0.717, 1.165) is 12.5 Å². The van der Waals surface area contributed by atoms with Gasteiger partial charge in [0.2, 0.25) is 0 Å². The topological polar surface area (TPSA) is 24.7 Å². The van der Waals surface area contributed by atoms with Crippen LogP contribution in [0, 0.1) is 5.92 Å². The lowest BCUT2D eigenvalue weighted by molar-refractivity contribution is -0.883. The van der Waals surface area contributed by atoms with Crippen LogP contribution in [-0.4, -0.2) is 31.9 Å². The molecule has 0 radical (unpaired) electrons. The average Bonchev–Trinajstić information content (AvgIpc) is 1.88. The van der Waals surface area contributed by atoms with E-state index >= 15 is 0 Å². The van der Waals surface area contributed by atoms with Crippen molar-refractivity contribution < 1.29 is 10.0 Å². The first kappa shape index (κ1) is 13.5. The van der Waals surface area contributed by atoms with Crippen molar-refractivity contribution in [3.63, 3.8) is 0 Å². The maximum atomic E-state index is 8.60. The second-order valence-electron chi connectivity index (χ2n) is 3.15. The smallest absolute Gasteiger partial charge is 0.100 e. The molecule has 0 spiro atoms. The summed E-state index contributed by atoms with van der Waals surface area (Å²) in [6.45, 7) is 6.82. The number of rotatable bonds is 5. The molecule has 0 saturated heterocycles. The molecule has 0 saturated carbocycles. The van der Waals surface area contributed by atoms with Crippen molar-refractivity contribution in [3.05, 3.63) is 0 Å². The lowest BCUT2D eigenvalue weighted by atomic mass is 10.1. The van der Waals surface area contributed by atoms with Gasteiger partial charge in [0.1, 0.15) is 6.54 Å². The van der Waals surface area contributed by atoms with Crippen LogP contribution >= 0.6 is 0 Å². The molecular weight excluding hydrogens is 138 g/mol. The number of aliphatic hydroxyl groups excluding tert-OH is 1. The highest BCUT2D eigenvalue weighted by Crippen LogP contribution is 1.94. The van der Waals surface area contributed by atoms with Gasteiger partial charge < -0.3 is 10.0 Å². The van der Waals surface area contributed by atoms with Gasteiger partial charge in [-0.1, -0.05) is 21.3 Å². The van der Waals surface area contributed by atoms with Gasteiger partial charge in [0.15, 0.2) is 0 Å². The normalized spacial score (nSPS) is 15.3. The number of hydrogen-bond acceptors (Lipinski definition) is 1. The lowest BCUT2D eigenvalue weighted by Crippen LogP contribution is -3.10. The Balaban J connectivity index is 0. The molecule has 0 aliphatic rings. The molecule has 11 heavy (non-hydrogen) atoms. The molecule has 0 aromatic carbocycles. The first-order valence-corrected chi connectivity index (χ1v) is 4.12. The number of hydrogen-bond donors (Lipinski definition) is 2. The van der Waals surface area contributed by atoms with Gasteiger partial charge in [-0.3, -0.25) is 0 Å². The first-order chi connectivity index (χ1) is 4.70. The Morgan fingerprint density at radius 1 is 1.45 bits per heavy atom. The minimum absolute atomic E-state index is 0. The molecular formula is C9H24NO+. The van der Waals surface area contributed by atoms with Crippen molar-refractivity contribution in [1.82, 2.24) is 0 Å². The van der Waals surface area contributed by atoms with Gasteiger partial charge in [0.25, 0.3) is 0 Å². The van der Waals surface area contributed by atoms with Crippen LogP contribution in [0.1, 0.15) is 27.7 Å². The molecule has 0 rings (SSSR count). The van der Waals surface area contributed by atoms with Gasteiger partial charge in [0, 0.05) is 5.92 Å². The predicted octanol–water partition coefficient (Wildman–Crippen LogP) is 0.176. The van der Waals surface area contributed by atoms with Gasteiger partial charge in [-0.25, -0.2) is 0 Å². The average molecular weight is 162 g/mol. The van der Waals surface area contributed by atoms with Crippen LogP contribution in [0.2, 0.25) is 0 Å². The largest absolute Gasteiger partial charge is 0.391 e. The molecule has 2 unspecified atom stereocenters. The van der Waals surface area contributed by atoms with E-state index < -0.39 is 0 Å². The molecule has 0 bridgehead atoms. The van der Waals surface area contributed by atoms with Crippen LogP contribution in [0.25, 0.3) is 0 Å². The van der Waals surface area contributed by atoms with Gasteiger partial charge in [-0.15, -0.1) is 0 Å². The summed E-state index contributed by atoms with van der Waals surface area (Å²) in [6.07, 6.45) is 1.24. The standard InChI is InChI=1S/C8H19NO.CH4/c1-4-8(2)7-9(3)5-6-10;/h8,10H,4-7H2,1-3H3;1H4/p+1. The Bertz CT molecular complexity index is 76.0. The fraction of sp³-hybridized carbons (Fsp3) is 1.00. The van der Waals surface area contributed by atoms with E-state index in [9.17, 15) is 0 Å². The van der Waals surface area contributed by atoms with E-state index in [-0.39, 0.29) is 7.43 Å². The van der Waals surface area contributed by atoms with Crippen molar-refractivity contribution in [1.29, 1.82) is 0 Å². The third-order valence-electron chi connectivity index (χ3n) is 1.93. The summed E-state index contributed by atoms with van der Waals surface area (Å²) >= 11 is 0. The van der Waals surface area contributed by atoms with E-state index in [4.69, 9.17) is 5.11 Å². The molecule has 0 aliphatic carbocycles. The Labute approximate surface area is 71.2 Å². The minimum atomic E-state index is 0. The van der Waals surface area contributed by atoms with Crippen LogP contribution < -0.4 is 4.90 Å². The molecule has 2 heteroatoms. The third kappa shape index (κ3) is 7.82. The van der Waals surface area contributed by atoms with E-state index in [0.29, 0.717) is 6.61 Å². The number of aliphatic hydroxyl groups is 1. The molecule has 0 aliphatic heterocycles. The molecule has 70 valence electrons. The fourth-order valence-electron chi connectivity index (χ4n) is 1.03. The van der Waals surface area contributed by atoms with Crippen molar-refractivity contribution in [2.24, 2.45) is 5.92 Å². The first-order valence-electron chi connectivity index (χ1n) is 4.12. The zero-order valence-corrected chi connectivity index (χ0v) is 7.35. The summed E-state index contributed by atoms with van der Waals surface area (Å²) < 4.78 is 0. The van der Waals surface area contributed by atoms with Crippen LogP contribution in [0.5, 0.6) is 0 Å². The van der Waals surface area contributed by atoms with Gasteiger partial charge in [-0.2, -0.15) is 0 Å². The fourth-order valence-corrected chi connectivity index (χ4v) is 1.03. The molecule has 2 atom stereocenters. The summed E-state index contributed by atoms with van der Waals surface area (Å²) in [5.74, 6) is 0.784. The van der Waals surface area contributed by atoms with Crippen LogP contribution in [0.3, 0.4) is 0 Å². The molecule has 2 nitrogen and oxygen atoms in total. The third-order valence-corrected chi connectivity index (χ3v) is 1.93. The maximum absolute atomic E-state index is 8.60. The number of likely N-dealkylation sites (N-methyl/N-ethyl adjacent to an activating group) is 1. The molecule has 0 heterocycles. The highest BCUT2D eigenvalue weighted by atomic mass is 16.3. The van der Waals surface area contributed by atoms with Gasteiger partial charge in [-0.05, 0) is 6.42 Å². The minimum Gasteiger partial charge on any atom is -0.391 e. The summed E-state index contributed by atoms with van der Waals surface area (Å²) in [4.78, 5) is 1.43. The Hall–Kier alpha value is -0.0800. The van der Waals surface area contributed by atoms with Crippen molar-refractivity contribution in [2.45, 2.75) is 27.7 Å². The number of quaternary nitrogens is 1. The summed E-state index contributed by atoms with van der Waals surface area (Å²) in [7, 11) is 2.13. The summed E-state index contributed by atoms with van der Waals surface area (Å²) in [5, 5.41) is 8.60. The molecule has 0 aromatic heterocycles. The van der Waals surface area contributed by atoms with Crippen LogP contribution in [0.15, 0.2) is 0 Å². The second-order valence-corrected chi connectivity index (χ2v) is 3.15. The maximum Gasteiger partial charge on any atom is 0.100 e. The van der Waals surface area contributed by atoms with Crippen LogP contribution in [0.4, 0.5) is 0 Å². The van der Waals surface area contributed by atoms with Crippen molar-refractivity contribution >= 4 is 0 Å². The Morgan fingerprint density at radius 2 is 2.00 bits per heavy atom. The highest BCUT2D eigenvalue weighted by Gasteiger charge is 2.05. The molecule has 0 aromatic rings. The van der Waals surface area contributed by atoms with Gasteiger partial charge >= 0.3 is 0 Å². The molecule has 0 amide bonds. The SMILES string of the molecule is C.CCC(C)C[NH+](C)CCO. The van der Waals surface area contributed by atoms with Crippen molar-refractivity contribution in [3.8, 4) is 0 Å². The summed E-state index contributed by atoms with van der Waals surface area (Å²) in [6, 6.07) is 0. The van der Waals surface area contributed by atoms with E-state index in [1.807, 2.05) is 0 Å².